The van der Waals surface area contributed by atoms with Crippen LogP contribution in [0.2, 0.25) is 5.02 Å². The second-order valence-corrected chi connectivity index (χ2v) is 5.62. The molecule has 0 aromatic heterocycles. The highest BCUT2D eigenvalue weighted by molar-refractivity contribution is 6.30. The summed E-state index contributed by atoms with van der Waals surface area (Å²) < 4.78 is 0. The number of hydrogen-bond donors (Lipinski definition) is 1. The van der Waals surface area contributed by atoms with Gasteiger partial charge in [-0.1, -0.05) is 29.8 Å². The Kier molecular flexibility index (Phi) is 3.90. The molecular formula is C16H15ClN2O2. The first-order valence-corrected chi connectivity index (χ1v) is 7.26. The maximum absolute atomic E-state index is 11.1. The highest BCUT2D eigenvalue weighted by atomic mass is 35.5. The van der Waals surface area contributed by atoms with Crippen molar-refractivity contribution in [3.8, 4) is 0 Å². The molecule has 0 aliphatic carbocycles. The number of benzene rings is 2. The fraction of sp³-hybridized carbons (Fsp3) is 0.250. The zero-order valence-corrected chi connectivity index (χ0v) is 12.2. The first-order valence-electron chi connectivity index (χ1n) is 6.88. The summed E-state index contributed by atoms with van der Waals surface area (Å²) in [5.41, 5.74) is 4.50. The first-order chi connectivity index (χ1) is 10.1. The first kappa shape index (κ1) is 14.0. The van der Waals surface area contributed by atoms with Crippen molar-refractivity contribution in [1.29, 1.82) is 0 Å². The van der Waals surface area contributed by atoms with E-state index >= 15 is 0 Å². The zero-order valence-electron chi connectivity index (χ0n) is 11.4. The molecule has 0 bridgehead atoms. The van der Waals surface area contributed by atoms with Gasteiger partial charge in [0.1, 0.15) is 0 Å². The molecule has 0 spiro atoms. The molecule has 0 fully saturated rings. The van der Waals surface area contributed by atoms with E-state index < -0.39 is 0 Å². The third-order valence-corrected chi connectivity index (χ3v) is 4.11. The Hall–Kier alpha value is -1.91. The molecule has 0 unspecified atom stereocenters. The third kappa shape index (κ3) is 2.91. The average Bonchev–Trinajstić information content (AvgIpc) is 2.49. The second kappa shape index (κ2) is 5.84. The molecule has 2 aromatic rings. The fourth-order valence-corrected chi connectivity index (χ4v) is 2.95. The van der Waals surface area contributed by atoms with Crippen molar-refractivity contribution in [1.82, 2.24) is 5.32 Å². The van der Waals surface area contributed by atoms with Crippen molar-refractivity contribution in [2.75, 3.05) is 6.54 Å². The van der Waals surface area contributed by atoms with Crippen molar-refractivity contribution in [2.24, 2.45) is 0 Å². The molecule has 0 atom stereocenters. The minimum atomic E-state index is -0.294. The maximum Gasteiger partial charge on any atom is 0.274 e. The predicted octanol–water partition coefficient (Wildman–Crippen LogP) is 3.48. The molecule has 2 aromatic carbocycles. The number of nitrogens with zero attached hydrogens (tertiary/aromatic N) is 1. The smallest absolute Gasteiger partial charge is 0.274 e. The molecule has 5 heteroatoms. The highest BCUT2D eigenvalue weighted by Crippen LogP contribution is 2.29. The van der Waals surface area contributed by atoms with Crippen molar-refractivity contribution < 1.29 is 4.92 Å². The van der Waals surface area contributed by atoms with Gasteiger partial charge < -0.3 is 5.32 Å². The van der Waals surface area contributed by atoms with E-state index in [0.29, 0.717) is 11.6 Å². The van der Waals surface area contributed by atoms with Gasteiger partial charge in [0.15, 0.2) is 0 Å². The minimum Gasteiger partial charge on any atom is -0.312 e. The molecule has 1 heterocycles. The molecule has 108 valence electrons. The Morgan fingerprint density at radius 3 is 2.62 bits per heavy atom. The lowest BCUT2D eigenvalue weighted by Crippen LogP contribution is -2.25. The van der Waals surface area contributed by atoms with Crippen LogP contribution in [0.15, 0.2) is 36.4 Å². The molecule has 1 N–H and O–H groups in total. The van der Waals surface area contributed by atoms with Crippen LogP contribution in [0.1, 0.15) is 22.3 Å². The van der Waals surface area contributed by atoms with Crippen LogP contribution in [0.3, 0.4) is 0 Å². The summed E-state index contributed by atoms with van der Waals surface area (Å²) in [6.45, 7) is 1.43. The van der Waals surface area contributed by atoms with Gasteiger partial charge in [-0.25, -0.2) is 0 Å². The van der Waals surface area contributed by atoms with E-state index in [0.717, 1.165) is 36.1 Å². The summed E-state index contributed by atoms with van der Waals surface area (Å²) in [6, 6.07) is 11.2. The van der Waals surface area contributed by atoms with E-state index in [-0.39, 0.29) is 10.6 Å². The molecule has 0 saturated heterocycles. The molecule has 4 nitrogen and oxygen atoms in total. The van der Waals surface area contributed by atoms with Gasteiger partial charge in [0.2, 0.25) is 0 Å². The number of halogens is 1. The SMILES string of the molecule is O=[N+]([O-])c1ccc(Cc2ccc(Cl)cc2)c2c1CNCC2. The fourth-order valence-electron chi connectivity index (χ4n) is 2.82. The average molecular weight is 303 g/mol. The number of nitrogens with one attached hydrogen (secondary N) is 1. The molecule has 0 amide bonds. The van der Waals surface area contributed by atoms with E-state index in [2.05, 4.69) is 5.32 Å². The quantitative estimate of drug-likeness (QED) is 0.697. The van der Waals surface area contributed by atoms with Gasteiger partial charge in [-0.05, 0) is 48.2 Å². The zero-order chi connectivity index (χ0) is 14.8. The van der Waals surface area contributed by atoms with Crippen LogP contribution in [0.25, 0.3) is 0 Å². The highest BCUT2D eigenvalue weighted by Gasteiger charge is 2.22. The van der Waals surface area contributed by atoms with Crippen LogP contribution in [-0.2, 0) is 19.4 Å². The molecule has 3 rings (SSSR count). The normalized spacial score (nSPS) is 13.8. The molecular weight excluding hydrogens is 288 g/mol. The third-order valence-electron chi connectivity index (χ3n) is 3.86. The Balaban J connectivity index is 1.99. The molecule has 1 aliphatic rings. The van der Waals surface area contributed by atoms with Gasteiger partial charge in [0.05, 0.1) is 4.92 Å². The van der Waals surface area contributed by atoms with Crippen molar-refractivity contribution in [3.05, 3.63) is 73.8 Å². The van der Waals surface area contributed by atoms with Gasteiger partial charge in [-0.2, -0.15) is 0 Å². The predicted molar refractivity (Wildman–Crippen MR) is 82.8 cm³/mol. The van der Waals surface area contributed by atoms with Gasteiger partial charge >= 0.3 is 0 Å². The molecule has 1 aliphatic heterocycles. The Morgan fingerprint density at radius 1 is 1.14 bits per heavy atom. The van der Waals surface area contributed by atoms with Crippen LogP contribution in [-0.4, -0.2) is 11.5 Å². The summed E-state index contributed by atoms with van der Waals surface area (Å²) in [5, 5.41) is 15.1. The van der Waals surface area contributed by atoms with Crippen LogP contribution < -0.4 is 5.32 Å². The van der Waals surface area contributed by atoms with Crippen LogP contribution in [0.4, 0.5) is 5.69 Å². The number of rotatable bonds is 3. The van der Waals surface area contributed by atoms with Crippen molar-refractivity contribution in [2.45, 2.75) is 19.4 Å². The van der Waals surface area contributed by atoms with E-state index in [1.807, 2.05) is 30.3 Å². The van der Waals surface area contributed by atoms with Crippen LogP contribution in [0, 0.1) is 10.1 Å². The van der Waals surface area contributed by atoms with E-state index in [4.69, 9.17) is 11.6 Å². The van der Waals surface area contributed by atoms with Gasteiger partial charge in [0.25, 0.3) is 5.69 Å². The Labute approximate surface area is 127 Å². The van der Waals surface area contributed by atoms with Crippen molar-refractivity contribution >= 4 is 17.3 Å². The second-order valence-electron chi connectivity index (χ2n) is 5.19. The molecule has 0 saturated carbocycles. The Morgan fingerprint density at radius 2 is 1.90 bits per heavy atom. The van der Waals surface area contributed by atoms with E-state index in [1.165, 1.54) is 5.56 Å². The van der Waals surface area contributed by atoms with Crippen LogP contribution >= 0.6 is 11.6 Å². The van der Waals surface area contributed by atoms with E-state index in [9.17, 15) is 10.1 Å². The van der Waals surface area contributed by atoms with Gasteiger partial charge in [-0.3, -0.25) is 10.1 Å². The topological polar surface area (TPSA) is 55.2 Å². The summed E-state index contributed by atoms with van der Waals surface area (Å²) in [4.78, 5) is 10.8. The van der Waals surface area contributed by atoms with Crippen molar-refractivity contribution in [3.63, 3.8) is 0 Å². The van der Waals surface area contributed by atoms with Crippen LogP contribution in [0.5, 0.6) is 0 Å². The lowest BCUT2D eigenvalue weighted by Gasteiger charge is -2.20. The minimum absolute atomic E-state index is 0.219. The molecule has 21 heavy (non-hydrogen) atoms. The summed E-state index contributed by atoms with van der Waals surface area (Å²) in [5.74, 6) is 0. The molecule has 0 radical (unpaired) electrons. The van der Waals surface area contributed by atoms with E-state index in [1.54, 1.807) is 6.07 Å². The number of nitro benzene ring substituents is 1. The Bertz CT molecular complexity index is 683. The largest absolute Gasteiger partial charge is 0.312 e. The lowest BCUT2D eigenvalue weighted by molar-refractivity contribution is -0.385. The monoisotopic (exact) mass is 302 g/mol. The summed E-state index contributed by atoms with van der Waals surface area (Å²) >= 11 is 5.90. The summed E-state index contributed by atoms with van der Waals surface area (Å²) in [7, 11) is 0. The van der Waals surface area contributed by atoms with Gasteiger partial charge in [0, 0.05) is 23.2 Å². The number of hydrogen-bond acceptors (Lipinski definition) is 3. The maximum atomic E-state index is 11.1. The number of fused-ring (bicyclic) bond motifs is 1. The lowest BCUT2D eigenvalue weighted by atomic mass is 9.90. The number of nitro groups is 1. The standard InChI is InChI=1S/C16H15ClN2O2/c17-13-4-1-11(2-5-13)9-12-3-6-16(19(20)21)15-10-18-8-7-14(12)15/h1-6,18H,7-10H2. The van der Waals surface area contributed by atoms with Gasteiger partial charge in [-0.15, -0.1) is 0 Å². The summed E-state index contributed by atoms with van der Waals surface area (Å²) in [6.07, 6.45) is 1.61.